The van der Waals surface area contributed by atoms with Crippen molar-refractivity contribution in [2.75, 3.05) is 19.7 Å². The van der Waals surface area contributed by atoms with Crippen LogP contribution in [0.5, 0.6) is 0 Å². The number of likely N-dealkylation sites (tertiary alicyclic amines) is 1. The van der Waals surface area contributed by atoms with E-state index in [2.05, 4.69) is 25.7 Å². The van der Waals surface area contributed by atoms with Crippen molar-refractivity contribution >= 4 is 5.97 Å². The van der Waals surface area contributed by atoms with E-state index in [1.807, 2.05) is 6.92 Å². The SMILES string of the molecule is CCOC(=O)[C@@H](N)[C@@]1(N2CCCC2)C[C@H]2CC[C@@]1(C)C2(C)C. The lowest BCUT2D eigenvalue weighted by Crippen LogP contribution is -2.69. The Kier molecular flexibility index (Phi) is 3.84. The van der Waals surface area contributed by atoms with Crippen molar-refractivity contribution in [3.8, 4) is 0 Å². The van der Waals surface area contributed by atoms with Gasteiger partial charge in [0.25, 0.3) is 0 Å². The van der Waals surface area contributed by atoms with Crippen LogP contribution in [0.4, 0.5) is 0 Å². The van der Waals surface area contributed by atoms with Crippen molar-refractivity contribution in [2.45, 2.75) is 71.4 Å². The van der Waals surface area contributed by atoms with E-state index in [0.717, 1.165) is 19.5 Å². The highest BCUT2D eigenvalue weighted by molar-refractivity contribution is 5.78. The minimum atomic E-state index is -0.528. The summed E-state index contributed by atoms with van der Waals surface area (Å²) in [5.74, 6) is 0.456. The summed E-state index contributed by atoms with van der Waals surface area (Å²) in [6.45, 7) is 11.6. The van der Waals surface area contributed by atoms with Gasteiger partial charge in [-0.2, -0.15) is 0 Å². The highest BCUT2D eigenvalue weighted by Crippen LogP contribution is 2.72. The highest BCUT2D eigenvalue weighted by Gasteiger charge is 2.73. The average Bonchev–Trinajstić information content (AvgIpc) is 3.11. The number of carbonyl (C=O) groups is 1. The van der Waals surface area contributed by atoms with Gasteiger partial charge in [0.15, 0.2) is 0 Å². The highest BCUT2D eigenvalue weighted by atomic mass is 16.5. The summed E-state index contributed by atoms with van der Waals surface area (Å²) >= 11 is 0. The second-order valence-electron chi connectivity index (χ2n) is 8.34. The second kappa shape index (κ2) is 5.20. The minimum Gasteiger partial charge on any atom is -0.465 e. The van der Waals surface area contributed by atoms with Crippen LogP contribution in [0.3, 0.4) is 0 Å². The molecule has 0 amide bonds. The lowest BCUT2D eigenvalue weighted by molar-refractivity contribution is -0.154. The van der Waals surface area contributed by atoms with Crippen LogP contribution in [0.25, 0.3) is 0 Å². The van der Waals surface area contributed by atoms with Crippen molar-refractivity contribution in [3.05, 3.63) is 0 Å². The van der Waals surface area contributed by atoms with Gasteiger partial charge in [0.05, 0.1) is 12.1 Å². The molecule has 3 fully saturated rings. The Balaban J connectivity index is 2.04. The predicted octanol–water partition coefficient (Wildman–Crippen LogP) is 2.56. The first kappa shape index (κ1) is 16.3. The molecule has 2 bridgehead atoms. The molecule has 4 heteroatoms. The van der Waals surface area contributed by atoms with Gasteiger partial charge in [-0.15, -0.1) is 0 Å². The molecule has 0 spiro atoms. The van der Waals surface area contributed by atoms with E-state index in [0.29, 0.717) is 12.5 Å². The molecule has 0 aromatic rings. The van der Waals surface area contributed by atoms with Crippen LogP contribution in [0.15, 0.2) is 0 Å². The van der Waals surface area contributed by atoms with Crippen LogP contribution in [0, 0.1) is 16.7 Å². The van der Waals surface area contributed by atoms with Crippen LogP contribution in [-0.4, -0.2) is 42.1 Å². The molecule has 0 unspecified atom stereocenters. The lowest BCUT2D eigenvalue weighted by Gasteiger charge is -2.55. The quantitative estimate of drug-likeness (QED) is 0.811. The molecule has 4 atom stereocenters. The summed E-state index contributed by atoms with van der Waals surface area (Å²) < 4.78 is 5.33. The first-order chi connectivity index (χ1) is 10.3. The fraction of sp³-hybridized carbons (Fsp3) is 0.944. The molecule has 1 saturated heterocycles. The average molecular weight is 308 g/mol. The Hall–Kier alpha value is -0.610. The minimum absolute atomic E-state index is 0.0845. The molecular formula is C18H32N2O2. The number of fused-ring (bicyclic) bond motifs is 2. The van der Waals surface area contributed by atoms with Crippen molar-refractivity contribution in [2.24, 2.45) is 22.5 Å². The first-order valence-electron chi connectivity index (χ1n) is 8.98. The lowest BCUT2D eigenvalue weighted by atomic mass is 9.59. The van der Waals surface area contributed by atoms with E-state index in [1.54, 1.807) is 0 Å². The zero-order valence-corrected chi connectivity index (χ0v) is 14.7. The predicted molar refractivity (Wildman–Crippen MR) is 87.4 cm³/mol. The van der Waals surface area contributed by atoms with E-state index >= 15 is 0 Å². The van der Waals surface area contributed by atoms with Gasteiger partial charge in [0, 0.05) is 0 Å². The number of ether oxygens (including phenoxy) is 1. The standard InChI is InChI=1S/C18H32N2O2/c1-5-22-15(21)14(19)18(20-10-6-7-11-20)12-13-8-9-17(18,4)16(13,2)3/h13-14H,5-12,19H2,1-4H3/t13-,14-,17+,18+/m1/s1. The number of rotatable bonds is 4. The third kappa shape index (κ3) is 1.80. The summed E-state index contributed by atoms with van der Waals surface area (Å²) in [5, 5.41) is 0. The molecule has 3 aliphatic rings. The van der Waals surface area contributed by atoms with Crippen molar-refractivity contribution in [1.82, 2.24) is 4.90 Å². The first-order valence-corrected chi connectivity index (χ1v) is 8.98. The molecule has 1 heterocycles. The zero-order valence-electron chi connectivity index (χ0n) is 14.7. The molecule has 0 aromatic carbocycles. The van der Waals surface area contributed by atoms with Gasteiger partial charge in [0.1, 0.15) is 6.04 Å². The molecule has 22 heavy (non-hydrogen) atoms. The number of nitrogens with two attached hydrogens (primary N) is 1. The van der Waals surface area contributed by atoms with E-state index in [-0.39, 0.29) is 22.3 Å². The Morgan fingerprint density at radius 3 is 2.41 bits per heavy atom. The van der Waals surface area contributed by atoms with Gasteiger partial charge >= 0.3 is 5.97 Å². The molecule has 0 radical (unpaired) electrons. The fourth-order valence-electron chi connectivity index (χ4n) is 6.02. The summed E-state index contributed by atoms with van der Waals surface area (Å²) in [6.07, 6.45) is 5.94. The normalized spacial score (nSPS) is 41.8. The smallest absolute Gasteiger partial charge is 0.324 e. The summed E-state index contributed by atoms with van der Waals surface area (Å²) in [5.41, 5.74) is 6.70. The van der Waals surface area contributed by atoms with Crippen LogP contribution >= 0.6 is 0 Å². The maximum Gasteiger partial charge on any atom is 0.324 e. The number of hydrogen-bond donors (Lipinski definition) is 1. The molecule has 3 rings (SSSR count). The van der Waals surface area contributed by atoms with Gasteiger partial charge < -0.3 is 10.5 Å². The van der Waals surface area contributed by atoms with Gasteiger partial charge in [-0.05, 0) is 68.9 Å². The topological polar surface area (TPSA) is 55.6 Å². The third-order valence-corrected chi connectivity index (χ3v) is 7.67. The zero-order chi connectivity index (χ0) is 16.2. The molecule has 2 N–H and O–H groups in total. The van der Waals surface area contributed by atoms with E-state index in [9.17, 15) is 4.79 Å². The van der Waals surface area contributed by atoms with Gasteiger partial charge in [-0.3, -0.25) is 9.69 Å². The Morgan fingerprint density at radius 1 is 1.32 bits per heavy atom. The molecule has 4 nitrogen and oxygen atoms in total. The number of nitrogens with zero attached hydrogens (tertiary/aromatic N) is 1. The Morgan fingerprint density at radius 2 is 1.95 bits per heavy atom. The monoisotopic (exact) mass is 308 g/mol. The van der Waals surface area contributed by atoms with Crippen LogP contribution in [0.2, 0.25) is 0 Å². The Labute approximate surface area is 134 Å². The van der Waals surface area contributed by atoms with Crippen LogP contribution in [-0.2, 0) is 9.53 Å². The fourth-order valence-corrected chi connectivity index (χ4v) is 6.02. The molecule has 1 aliphatic heterocycles. The van der Waals surface area contributed by atoms with Gasteiger partial charge in [0.2, 0.25) is 0 Å². The summed E-state index contributed by atoms with van der Waals surface area (Å²) in [4.78, 5) is 15.1. The summed E-state index contributed by atoms with van der Waals surface area (Å²) in [7, 11) is 0. The maximum absolute atomic E-state index is 12.5. The molecular weight excluding hydrogens is 276 g/mol. The molecule has 2 aliphatic carbocycles. The second-order valence-corrected chi connectivity index (χ2v) is 8.34. The van der Waals surface area contributed by atoms with Crippen LogP contribution in [0.1, 0.15) is 59.8 Å². The number of esters is 1. The maximum atomic E-state index is 12.5. The number of hydrogen-bond acceptors (Lipinski definition) is 4. The van der Waals surface area contributed by atoms with Crippen molar-refractivity contribution < 1.29 is 9.53 Å². The van der Waals surface area contributed by atoms with Gasteiger partial charge in [-0.1, -0.05) is 20.8 Å². The van der Waals surface area contributed by atoms with Crippen molar-refractivity contribution in [1.29, 1.82) is 0 Å². The Bertz CT molecular complexity index is 458. The number of carbonyl (C=O) groups excluding carboxylic acids is 1. The van der Waals surface area contributed by atoms with Gasteiger partial charge in [-0.25, -0.2) is 0 Å². The third-order valence-electron chi connectivity index (χ3n) is 7.67. The molecule has 126 valence electrons. The van der Waals surface area contributed by atoms with E-state index in [1.165, 1.54) is 25.7 Å². The largest absolute Gasteiger partial charge is 0.465 e. The van der Waals surface area contributed by atoms with Crippen molar-refractivity contribution in [3.63, 3.8) is 0 Å². The van der Waals surface area contributed by atoms with E-state index < -0.39 is 6.04 Å². The molecule has 0 aromatic heterocycles. The molecule has 2 saturated carbocycles. The van der Waals surface area contributed by atoms with Crippen LogP contribution < -0.4 is 5.73 Å². The summed E-state index contributed by atoms with van der Waals surface area (Å²) in [6, 6.07) is -0.528. The van der Waals surface area contributed by atoms with E-state index in [4.69, 9.17) is 10.5 Å².